The molecule has 41 heavy (non-hydrogen) atoms. The van der Waals surface area contributed by atoms with Crippen molar-refractivity contribution in [3.63, 3.8) is 0 Å². The number of halogens is 1. The smallest absolute Gasteiger partial charge is 0.329 e. The highest BCUT2D eigenvalue weighted by Gasteiger charge is 2.14. The summed E-state index contributed by atoms with van der Waals surface area (Å²) < 4.78 is 5.43. The van der Waals surface area contributed by atoms with Gasteiger partial charge < -0.3 is 15.4 Å². The number of anilines is 3. The number of benzene rings is 4. The summed E-state index contributed by atoms with van der Waals surface area (Å²) in [7, 11) is 1.62. The Hall–Kier alpha value is -4.95. The zero-order valence-electron chi connectivity index (χ0n) is 22.7. The fourth-order valence-corrected chi connectivity index (χ4v) is 4.48. The Morgan fingerprint density at radius 1 is 0.854 bits per heavy atom. The van der Waals surface area contributed by atoms with Gasteiger partial charge in [-0.05, 0) is 77.7 Å². The molecule has 0 aliphatic carbocycles. The molecule has 0 spiro atoms. The van der Waals surface area contributed by atoms with Crippen LogP contribution in [0.25, 0.3) is 21.8 Å². The van der Waals surface area contributed by atoms with Crippen molar-refractivity contribution < 1.29 is 14.3 Å². The molecule has 0 aliphatic rings. The van der Waals surface area contributed by atoms with Crippen molar-refractivity contribution in [2.75, 3.05) is 17.7 Å². The van der Waals surface area contributed by atoms with Gasteiger partial charge in [0.05, 0.1) is 30.0 Å². The maximum atomic E-state index is 12.4. The molecular weight excluding hydrogens is 538 g/mol. The van der Waals surface area contributed by atoms with Gasteiger partial charge in [0.15, 0.2) is 0 Å². The van der Waals surface area contributed by atoms with E-state index >= 15 is 0 Å². The van der Waals surface area contributed by atoms with Gasteiger partial charge in [-0.25, -0.2) is 10.4 Å². The molecule has 0 aliphatic heterocycles. The van der Waals surface area contributed by atoms with Crippen molar-refractivity contribution in [3.05, 3.63) is 101 Å². The fraction of sp³-hybridized carbons (Fsp3) is 0.125. The first-order valence-corrected chi connectivity index (χ1v) is 13.4. The topological polar surface area (TPSA) is 105 Å². The van der Waals surface area contributed by atoms with E-state index in [0.29, 0.717) is 22.4 Å². The molecule has 0 unspecified atom stereocenters. The summed E-state index contributed by atoms with van der Waals surface area (Å²) in [6, 6.07) is 26.1. The molecule has 0 radical (unpaired) electrons. The number of ether oxygens (including phenoxy) is 1. The molecule has 0 saturated carbocycles. The molecule has 1 aromatic heterocycles. The van der Waals surface area contributed by atoms with Crippen molar-refractivity contribution in [3.8, 4) is 5.75 Å². The third kappa shape index (κ3) is 6.45. The number of nitrogens with zero attached hydrogens (tertiary/aromatic N) is 2. The summed E-state index contributed by atoms with van der Waals surface area (Å²) in [5.41, 5.74) is 7.89. The molecule has 3 N–H and O–H groups in total. The largest absolute Gasteiger partial charge is 0.497 e. The lowest BCUT2D eigenvalue weighted by molar-refractivity contribution is -0.136. The van der Waals surface area contributed by atoms with E-state index in [1.165, 1.54) is 11.8 Å². The predicted molar refractivity (Wildman–Crippen MR) is 165 cm³/mol. The summed E-state index contributed by atoms with van der Waals surface area (Å²) >= 11 is 6.23. The van der Waals surface area contributed by atoms with E-state index < -0.39 is 11.8 Å². The van der Waals surface area contributed by atoms with Crippen molar-refractivity contribution in [1.82, 2.24) is 10.4 Å². The summed E-state index contributed by atoms with van der Waals surface area (Å²) in [5.74, 6) is -0.563. The Bertz CT molecular complexity index is 1770. The first-order chi connectivity index (χ1) is 19.8. The van der Waals surface area contributed by atoms with E-state index in [0.717, 1.165) is 38.7 Å². The first kappa shape index (κ1) is 27.6. The lowest BCUT2D eigenvalue weighted by Crippen LogP contribution is -2.32. The van der Waals surface area contributed by atoms with Crippen LogP contribution in [-0.4, -0.2) is 30.1 Å². The number of fused-ring (bicyclic) bond motifs is 2. The average molecular weight is 566 g/mol. The molecule has 4 aromatic carbocycles. The van der Waals surface area contributed by atoms with Gasteiger partial charge in [0.25, 0.3) is 0 Å². The third-order valence-corrected chi connectivity index (χ3v) is 6.78. The van der Waals surface area contributed by atoms with Gasteiger partial charge in [-0.2, -0.15) is 5.10 Å². The van der Waals surface area contributed by atoms with Crippen LogP contribution in [0.15, 0.2) is 90.0 Å². The zero-order valence-corrected chi connectivity index (χ0v) is 23.5. The highest BCUT2D eigenvalue weighted by molar-refractivity contribution is 6.39. The Labute approximate surface area is 242 Å². The van der Waals surface area contributed by atoms with Crippen molar-refractivity contribution >= 4 is 68.5 Å². The average Bonchev–Trinajstić information content (AvgIpc) is 2.97. The van der Waals surface area contributed by atoms with Crippen molar-refractivity contribution in [2.45, 2.75) is 19.8 Å². The second kappa shape index (κ2) is 12.1. The number of aromatic nitrogens is 1. The van der Waals surface area contributed by atoms with Crippen LogP contribution < -0.4 is 20.8 Å². The van der Waals surface area contributed by atoms with Gasteiger partial charge in [-0.15, -0.1) is 0 Å². The van der Waals surface area contributed by atoms with Crippen LogP contribution in [-0.2, 0) is 9.59 Å². The number of carbonyl (C=O) groups is 2. The van der Waals surface area contributed by atoms with Crippen LogP contribution in [0.2, 0.25) is 5.02 Å². The first-order valence-electron chi connectivity index (χ1n) is 13.0. The van der Waals surface area contributed by atoms with Gasteiger partial charge in [-0.1, -0.05) is 49.7 Å². The maximum absolute atomic E-state index is 12.4. The van der Waals surface area contributed by atoms with Gasteiger partial charge >= 0.3 is 11.8 Å². The molecule has 5 rings (SSSR count). The Morgan fingerprint density at radius 2 is 1.59 bits per heavy atom. The number of methoxy groups -OCH3 is 1. The van der Waals surface area contributed by atoms with Gasteiger partial charge in [0, 0.05) is 27.2 Å². The number of carbonyl (C=O) groups excluding carboxylic acids is 2. The zero-order chi connectivity index (χ0) is 28.9. The van der Waals surface area contributed by atoms with Crippen LogP contribution in [0.5, 0.6) is 5.75 Å². The fourth-order valence-electron chi connectivity index (χ4n) is 4.31. The monoisotopic (exact) mass is 565 g/mol. The highest BCUT2D eigenvalue weighted by atomic mass is 35.5. The molecule has 5 aromatic rings. The van der Waals surface area contributed by atoms with Crippen LogP contribution >= 0.6 is 11.6 Å². The lowest BCUT2D eigenvalue weighted by Gasteiger charge is -2.15. The minimum absolute atomic E-state index is 0.424. The SMILES string of the molecule is COc1ccc2nc3cc(Cl)ccc3c(Nc3ccc(NC(=O)C(=O)N/N=C/c4ccc(C(C)C)cc4)cc3)c2c1. The number of pyridine rings is 1. The van der Waals surface area contributed by atoms with E-state index in [4.69, 9.17) is 21.3 Å². The normalized spacial score (nSPS) is 11.2. The summed E-state index contributed by atoms with van der Waals surface area (Å²) in [6.45, 7) is 4.23. The van der Waals surface area contributed by atoms with Gasteiger partial charge in [0.2, 0.25) is 0 Å². The molecule has 0 fully saturated rings. The molecular formula is C32H28ClN5O3. The summed E-state index contributed by atoms with van der Waals surface area (Å²) in [4.78, 5) is 29.4. The lowest BCUT2D eigenvalue weighted by atomic mass is 10.0. The van der Waals surface area contributed by atoms with E-state index in [1.54, 1.807) is 31.4 Å². The molecule has 0 saturated heterocycles. The Morgan fingerprint density at radius 3 is 2.29 bits per heavy atom. The predicted octanol–water partition coefficient (Wildman–Crippen LogP) is 7.01. The molecule has 206 valence electrons. The van der Waals surface area contributed by atoms with Crippen molar-refractivity contribution in [2.24, 2.45) is 5.10 Å². The van der Waals surface area contributed by atoms with E-state index in [-0.39, 0.29) is 0 Å². The molecule has 9 heteroatoms. The van der Waals surface area contributed by atoms with Gasteiger partial charge in [-0.3, -0.25) is 9.59 Å². The van der Waals surface area contributed by atoms with Crippen LogP contribution in [0.3, 0.4) is 0 Å². The van der Waals surface area contributed by atoms with Crippen molar-refractivity contribution in [1.29, 1.82) is 0 Å². The molecule has 8 nitrogen and oxygen atoms in total. The number of nitrogens with one attached hydrogen (secondary N) is 3. The summed E-state index contributed by atoms with van der Waals surface area (Å²) in [6.07, 6.45) is 1.49. The Balaban J connectivity index is 1.28. The van der Waals surface area contributed by atoms with E-state index in [9.17, 15) is 9.59 Å². The molecule has 0 bridgehead atoms. The van der Waals surface area contributed by atoms with Crippen LogP contribution in [0, 0.1) is 0 Å². The van der Waals surface area contributed by atoms with Crippen LogP contribution in [0.4, 0.5) is 17.1 Å². The second-order valence-corrected chi connectivity index (χ2v) is 10.1. The third-order valence-electron chi connectivity index (χ3n) is 6.54. The highest BCUT2D eigenvalue weighted by Crippen LogP contribution is 2.36. The summed E-state index contributed by atoms with van der Waals surface area (Å²) in [5, 5.41) is 12.3. The number of hydrogen-bond donors (Lipinski definition) is 3. The number of hydrogen-bond acceptors (Lipinski definition) is 6. The number of rotatable bonds is 7. The maximum Gasteiger partial charge on any atom is 0.329 e. The minimum Gasteiger partial charge on any atom is -0.497 e. The number of hydrazone groups is 1. The standard InChI is InChI=1S/C32H28ClN5O3/c1-19(2)21-6-4-20(5-7-21)18-34-38-32(40)31(39)36-24-11-9-23(10-12-24)35-30-26-14-8-22(33)16-29(26)37-28-15-13-25(41-3)17-27(28)30/h4-19H,1-3H3,(H,35,37)(H,36,39)(H,38,40)/b34-18+. The van der Waals surface area contributed by atoms with E-state index in [2.05, 4.69) is 35.0 Å². The molecule has 0 atom stereocenters. The number of amides is 2. The second-order valence-electron chi connectivity index (χ2n) is 9.71. The van der Waals surface area contributed by atoms with Crippen LogP contribution in [0.1, 0.15) is 30.9 Å². The Kier molecular flexibility index (Phi) is 8.12. The van der Waals surface area contributed by atoms with Gasteiger partial charge in [0.1, 0.15) is 5.75 Å². The van der Waals surface area contributed by atoms with E-state index in [1.807, 2.05) is 60.7 Å². The minimum atomic E-state index is -0.871. The quantitative estimate of drug-likeness (QED) is 0.0852. The molecule has 1 heterocycles. The molecule has 2 amide bonds.